The summed E-state index contributed by atoms with van der Waals surface area (Å²) in [7, 11) is -7.25. The molecule has 0 atom stereocenters. The average molecular weight is 264 g/mol. The summed E-state index contributed by atoms with van der Waals surface area (Å²) < 4.78 is 44.9. The minimum absolute atomic E-state index is 0.0191. The van der Waals surface area contributed by atoms with Crippen molar-refractivity contribution >= 4 is 19.9 Å². The molecule has 0 aliphatic rings. The Morgan fingerprint density at radius 3 is 2.25 bits per heavy atom. The third kappa shape index (κ3) is 3.00. The van der Waals surface area contributed by atoms with E-state index in [0.717, 1.165) is 18.3 Å². The standard InChI is InChI=1S/C8H12N2O4S2/c1-2-5-15(11,12)8-4-3-7(6-10-8)16(9,13)14/h3-4,6H,2,5H2,1H3,(H2,9,13,14). The molecule has 1 heterocycles. The van der Waals surface area contributed by atoms with Crippen LogP contribution in [0.15, 0.2) is 28.3 Å². The summed E-state index contributed by atoms with van der Waals surface area (Å²) in [6.07, 6.45) is 1.42. The molecule has 0 aromatic carbocycles. The van der Waals surface area contributed by atoms with Gasteiger partial charge in [-0.1, -0.05) is 6.92 Å². The van der Waals surface area contributed by atoms with Crippen LogP contribution in [0, 0.1) is 0 Å². The molecule has 0 saturated carbocycles. The maximum absolute atomic E-state index is 11.5. The van der Waals surface area contributed by atoms with Crippen LogP contribution in [0.2, 0.25) is 0 Å². The number of nitrogens with two attached hydrogens (primary N) is 1. The van der Waals surface area contributed by atoms with Gasteiger partial charge < -0.3 is 0 Å². The minimum atomic E-state index is -3.83. The number of nitrogens with zero attached hydrogens (tertiary/aromatic N) is 1. The Kier molecular flexibility index (Phi) is 3.66. The normalized spacial score (nSPS) is 12.6. The summed E-state index contributed by atoms with van der Waals surface area (Å²) in [6, 6.07) is 2.27. The van der Waals surface area contributed by atoms with E-state index < -0.39 is 19.9 Å². The van der Waals surface area contributed by atoms with E-state index in [9.17, 15) is 16.8 Å². The summed E-state index contributed by atoms with van der Waals surface area (Å²) in [5, 5.41) is 4.72. The average Bonchev–Trinajstić information content (AvgIpc) is 2.16. The van der Waals surface area contributed by atoms with Crippen LogP contribution in [-0.2, 0) is 19.9 Å². The molecule has 90 valence electrons. The smallest absolute Gasteiger partial charge is 0.239 e. The van der Waals surface area contributed by atoms with Crippen molar-refractivity contribution in [1.82, 2.24) is 4.98 Å². The fourth-order valence-corrected chi connectivity index (χ4v) is 2.78. The fraction of sp³-hybridized carbons (Fsp3) is 0.375. The predicted octanol–water partition coefficient (Wildman–Crippen LogP) is -0.0873. The van der Waals surface area contributed by atoms with Gasteiger partial charge in [-0.2, -0.15) is 0 Å². The molecule has 0 unspecified atom stereocenters. The molecule has 0 aliphatic carbocycles. The third-order valence-electron chi connectivity index (χ3n) is 1.83. The Morgan fingerprint density at radius 1 is 1.25 bits per heavy atom. The Bertz CT molecular complexity index is 561. The maximum atomic E-state index is 11.5. The molecule has 0 amide bonds. The first kappa shape index (κ1) is 13.1. The van der Waals surface area contributed by atoms with E-state index in [4.69, 9.17) is 5.14 Å². The molecule has 1 rings (SSSR count). The minimum Gasteiger partial charge on any atom is -0.243 e. The van der Waals surface area contributed by atoms with E-state index in [0.29, 0.717) is 6.42 Å². The number of aromatic nitrogens is 1. The molecule has 6 nitrogen and oxygen atoms in total. The van der Waals surface area contributed by atoms with Crippen LogP contribution in [0.5, 0.6) is 0 Å². The van der Waals surface area contributed by atoms with Gasteiger partial charge in [-0.15, -0.1) is 0 Å². The molecule has 1 aromatic rings. The number of primary sulfonamides is 1. The van der Waals surface area contributed by atoms with Crippen molar-refractivity contribution in [3.05, 3.63) is 18.3 Å². The van der Waals surface area contributed by atoms with Gasteiger partial charge in [0.1, 0.15) is 4.90 Å². The van der Waals surface area contributed by atoms with Gasteiger partial charge in [-0.3, -0.25) is 0 Å². The van der Waals surface area contributed by atoms with Gasteiger partial charge in [0.2, 0.25) is 10.0 Å². The van der Waals surface area contributed by atoms with E-state index in [-0.39, 0.29) is 15.7 Å². The lowest BCUT2D eigenvalue weighted by Crippen LogP contribution is -2.14. The number of hydrogen-bond donors (Lipinski definition) is 1. The lowest BCUT2D eigenvalue weighted by molar-refractivity contribution is 0.588. The Hall–Kier alpha value is -0.990. The zero-order valence-electron chi connectivity index (χ0n) is 8.62. The molecule has 0 aliphatic heterocycles. The highest BCUT2D eigenvalue weighted by Crippen LogP contribution is 2.11. The first-order chi connectivity index (χ1) is 7.27. The van der Waals surface area contributed by atoms with Gasteiger partial charge in [0.25, 0.3) is 0 Å². The lowest BCUT2D eigenvalue weighted by atomic mass is 10.5. The molecule has 0 fully saturated rings. The Labute approximate surface area is 94.5 Å². The van der Waals surface area contributed by atoms with E-state index in [2.05, 4.69) is 4.98 Å². The Morgan fingerprint density at radius 2 is 1.88 bits per heavy atom. The van der Waals surface area contributed by atoms with Crippen molar-refractivity contribution in [2.75, 3.05) is 5.75 Å². The molecular formula is C8H12N2O4S2. The summed E-state index contributed by atoms with van der Waals surface area (Å²) in [6.45, 7) is 1.73. The van der Waals surface area contributed by atoms with Crippen LogP contribution < -0.4 is 5.14 Å². The van der Waals surface area contributed by atoms with Crippen molar-refractivity contribution in [3.63, 3.8) is 0 Å². The summed E-state index contributed by atoms with van der Waals surface area (Å²) in [5.74, 6) is -0.0191. The van der Waals surface area contributed by atoms with Crippen molar-refractivity contribution < 1.29 is 16.8 Å². The van der Waals surface area contributed by atoms with Crippen LogP contribution >= 0.6 is 0 Å². The van der Waals surface area contributed by atoms with Gasteiger partial charge in [0.05, 0.1) is 5.75 Å². The molecule has 2 N–H and O–H groups in total. The molecular weight excluding hydrogens is 252 g/mol. The summed E-state index contributed by atoms with van der Waals surface area (Å²) in [4.78, 5) is 3.38. The largest absolute Gasteiger partial charge is 0.243 e. The van der Waals surface area contributed by atoms with Crippen molar-refractivity contribution in [2.24, 2.45) is 5.14 Å². The molecule has 0 saturated heterocycles. The second-order valence-electron chi connectivity index (χ2n) is 3.20. The van der Waals surface area contributed by atoms with Crippen LogP contribution in [0.3, 0.4) is 0 Å². The maximum Gasteiger partial charge on any atom is 0.239 e. The molecule has 0 bridgehead atoms. The number of sulfone groups is 1. The molecule has 0 spiro atoms. The third-order valence-corrected chi connectivity index (χ3v) is 4.55. The number of pyridine rings is 1. The van der Waals surface area contributed by atoms with Crippen LogP contribution in [0.1, 0.15) is 13.3 Å². The van der Waals surface area contributed by atoms with E-state index in [1.165, 1.54) is 0 Å². The van der Waals surface area contributed by atoms with Gasteiger partial charge >= 0.3 is 0 Å². The highest BCUT2D eigenvalue weighted by atomic mass is 32.2. The Balaban J connectivity index is 3.15. The molecule has 1 aromatic heterocycles. The van der Waals surface area contributed by atoms with Gasteiger partial charge in [0, 0.05) is 6.20 Å². The first-order valence-corrected chi connectivity index (χ1v) is 7.69. The van der Waals surface area contributed by atoms with E-state index >= 15 is 0 Å². The highest BCUT2D eigenvalue weighted by Gasteiger charge is 2.16. The quantitative estimate of drug-likeness (QED) is 0.818. The first-order valence-electron chi connectivity index (χ1n) is 4.49. The zero-order chi connectivity index (χ0) is 12.4. The summed E-state index contributed by atoms with van der Waals surface area (Å²) >= 11 is 0. The number of rotatable bonds is 4. The zero-order valence-corrected chi connectivity index (χ0v) is 10.3. The monoisotopic (exact) mass is 264 g/mol. The van der Waals surface area contributed by atoms with Crippen LogP contribution in [-0.4, -0.2) is 27.6 Å². The van der Waals surface area contributed by atoms with Crippen LogP contribution in [0.4, 0.5) is 0 Å². The van der Waals surface area contributed by atoms with Gasteiger partial charge in [-0.25, -0.2) is 27.0 Å². The van der Waals surface area contributed by atoms with E-state index in [1.807, 2.05) is 0 Å². The second kappa shape index (κ2) is 4.48. The molecule has 8 heteroatoms. The topological polar surface area (TPSA) is 107 Å². The van der Waals surface area contributed by atoms with Gasteiger partial charge in [0.15, 0.2) is 14.9 Å². The van der Waals surface area contributed by atoms with E-state index in [1.54, 1.807) is 6.92 Å². The predicted molar refractivity (Wildman–Crippen MR) is 58.0 cm³/mol. The molecule has 16 heavy (non-hydrogen) atoms. The fourth-order valence-electron chi connectivity index (χ4n) is 1.09. The second-order valence-corrected chi connectivity index (χ2v) is 6.81. The van der Waals surface area contributed by atoms with Crippen LogP contribution in [0.25, 0.3) is 0 Å². The highest BCUT2D eigenvalue weighted by molar-refractivity contribution is 7.91. The number of hydrogen-bond acceptors (Lipinski definition) is 5. The summed E-state index contributed by atoms with van der Waals surface area (Å²) in [5.41, 5.74) is 0. The SMILES string of the molecule is CCCS(=O)(=O)c1ccc(S(N)(=O)=O)cn1. The van der Waals surface area contributed by atoms with Crippen molar-refractivity contribution in [2.45, 2.75) is 23.3 Å². The lowest BCUT2D eigenvalue weighted by Gasteiger charge is -2.02. The van der Waals surface area contributed by atoms with Crippen molar-refractivity contribution in [1.29, 1.82) is 0 Å². The molecule has 0 radical (unpaired) electrons. The number of sulfonamides is 1. The van der Waals surface area contributed by atoms with Crippen molar-refractivity contribution in [3.8, 4) is 0 Å². The van der Waals surface area contributed by atoms with Gasteiger partial charge in [-0.05, 0) is 18.6 Å².